The molecule has 16 heteroatoms. The number of hydrogen-bond acceptors (Lipinski definition) is 6. The number of carbonyl (C=O) groups is 1. The first-order chi connectivity index (χ1) is 12.5. The number of hydrogen-bond donors (Lipinski definition) is 2. The van der Waals surface area contributed by atoms with Gasteiger partial charge < -0.3 is 5.73 Å². The molecule has 8 nitrogen and oxygen atoms in total. The van der Waals surface area contributed by atoms with Gasteiger partial charge in [0.25, 0.3) is 15.9 Å². The lowest BCUT2D eigenvalue weighted by Crippen LogP contribution is -2.66. The molecule has 3 atom stereocenters. The number of nitrogen functional groups attached to an aromatic ring is 1. The Morgan fingerprint density at radius 1 is 1.39 bits per heavy atom. The van der Waals surface area contributed by atoms with Crippen molar-refractivity contribution in [1.82, 2.24) is 9.78 Å². The van der Waals surface area contributed by atoms with Crippen molar-refractivity contribution in [1.29, 1.82) is 5.26 Å². The molecule has 3 unspecified atom stereocenters. The second kappa shape index (κ2) is 6.28. The van der Waals surface area contributed by atoms with Gasteiger partial charge in [0, 0.05) is 0 Å². The number of nitriles is 1. The van der Waals surface area contributed by atoms with Gasteiger partial charge >= 0.3 is 11.1 Å². The Kier molecular flexibility index (Phi) is 5.01. The molecule has 0 saturated heterocycles. The molecule has 0 fully saturated rings. The maximum Gasteiger partial charge on any atom is 0.326 e. The Morgan fingerprint density at radius 2 is 1.89 bits per heavy atom. The fourth-order valence-electron chi connectivity index (χ4n) is 2.59. The highest BCUT2D eigenvalue weighted by molar-refractivity contribution is 7.86. The number of carbonyl (C=O) groups excluding carboxylic acids is 1. The average molecular weight is 469 g/mol. The number of rotatable bonds is 3. The highest BCUT2D eigenvalue weighted by Crippen LogP contribution is 2.61. The number of aromatic nitrogens is 2. The van der Waals surface area contributed by atoms with Gasteiger partial charge in [-0.1, -0.05) is 23.2 Å². The lowest BCUT2D eigenvalue weighted by Gasteiger charge is -2.44. The van der Waals surface area contributed by atoms with Crippen molar-refractivity contribution in [2.45, 2.75) is 29.0 Å². The summed E-state index contributed by atoms with van der Waals surface area (Å²) in [6, 6.07) is 1.26. The smallest absolute Gasteiger partial charge is 0.326 e. The van der Waals surface area contributed by atoms with Crippen LogP contribution in [0, 0.1) is 11.3 Å². The molecule has 0 aromatic carbocycles. The molecule has 0 spiro atoms. The molecule has 1 aromatic rings. The van der Waals surface area contributed by atoms with Crippen LogP contribution in [0.5, 0.6) is 0 Å². The summed E-state index contributed by atoms with van der Waals surface area (Å²) in [4.78, 5) is 11.6. The van der Waals surface area contributed by atoms with E-state index in [-0.39, 0.29) is 0 Å². The molecular weight excluding hydrogens is 462 g/mol. The van der Waals surface area contributed by atoms with Crippen LogP contribution in [0.1, 0.15) is 23.0 Å². The largest absolute Gasteiger partial charge is 0.383 e. The van der Waals surface area contributed by atoms with Crippen LogP contribution >= 0.6 is 23.2 Å². The van der Waals surface area contributed by atoms with Crippen molar-refractivity contribution >= 4 is 44.9 Å². The molecule has 1 heterocycles. The van der Waals surface area contributed by atoms with Gasteiger partial charge in [-0.3, -0.25) is 9.35 Å². The minimum Gasteiger partial charge on any atom is -0.383 e. The number of nitrogens with zero attached hydrogens (tertiary/aromatic N) is 3. The standard InChI is InChI=1S/C12H7Cl2F5N4O4S/c1-3(24)5-4(2-20)22-23(9(5)21)11(18)7(13)6(15)8(28(25,26)27)10(16,17)12(11,14)19/h8H,21H2,1H3,(H,25,26,27). The Labute approximate surface area is 163 Å². The second-order valence-corrected chi connectivity index (χ2v) is 7.97. The summed E-state index contributed by atoms with van der Waals surface area (Å²) in [5.74, 6) is -15.3. The summed E-state index contributed by atoms with van der Waals surface area (Å²) in [5.41, 5.74) is 3.59. The zero-order chi connectivity index (χ0) is 22.0. The Hall–Kier alpha value is -1.95. The highest BCUT2D eigenvalue weighted by Gasteiger charge is 2.80. The lowest BCUT2D eigenvalue weighted by atomic mass is 9.91. The minimum absolute atomic E-state index is 0.564. The van der Waals surface area contributed by atoms with E-state index in [4.69, 9.17) is 38.8 Å². The van der Waals surface area contributed by atoms with Crippen molar-refractivity contribution < 1.29 is 39.7 Å². The number of nitrogens with two attached hydrogens (primary N) is 1. The molecule has 1 aliphatic rings. The van der Waals surface area contributed by atoms with Crippen LogP contribution in [0.15, 0.2) is 10.9 Å². The fraction of sp³-hybridized carbons (Fsp3) is 0.417. The Bertz CT molecular complexity index is 1060. The van der Waals surface area contributed by atoms with Gasteiger partial charge in [-0.15, -0.1) is 0 Å². The van der Waals surface area contributed by atoms with E-state index in [0.717, 1.165) is 6.92 Å². The predicted molar refractivity (Wildman–Crippen MR) is 84.4 cm³/mol. The van der Waals surface area contributed by atoms with Crippen LogP contribution in [0.2, 0.25) is 0 Å². The normalized spacial score (nSPS) is 30.2. The number of alkyl halides is 5. The number of ketones is 1. The molecule has 0 saturated carbocycles. The molecule has 28 heavy (non-hydrogen) atoms. The first-order valence-electron chi connectivity index (χ1n) is 6.74. The molecule has 0 radical (unpaired) electrons. The first kappa shape index (κ1) is 22.3. The van der Waals surface area contributed by atoms with Crippen molar-refractivity contribution in [3.63, 3.8) is 0 Å². The van der Waals surface area contributed by atoms with Crippen LogP contribution in [0.4, 0.5) is 27.8 Å². The number of halogens is 7. The van der Waals surface area contributed by atoms with Gasteiger partial charge in [0.2, 0.25) is 5.25 Å². The summed E-state index contributed by atoms with van der Waals surface area (Å²) in [6.45, 7) is 0.814. The number of allylic oxidation sites excluding steroid dienone is 1. The third-order valence-electron chi connectivity index (χ3n) is 3.86. The topological polar surface area (TPSA) is 139 Å². The number of Topliss-reactive ketones (excluding diaryl/α,β-unsaturated/α-hetero) is 1. The maximum absolute atomic E-state index is 15.5. The van der Waals surface area contributed by atoms with Gasteiger partial charge in [0.15, 0.2) is 11.5 Å². The van der Waals surface area contributed by atoms with Crippen LogP contribution in [0.3, 0.4) is 0 Å². The van der Waals surface area contributed by atoms with Gasteiger partial charge in [0.1, 0.15) is 22.7 Å². The highest BCUT2D eigenvalue weighted by atomic mass is 35.5. The van der Waals surface area contributed by atoms with Gasteiger partial charge in [-0.2, -0.15) is 27.6 Å². The zero-order valence-corrected chi connectivity index (χ0v) is 15.6. The third-order valence-corrected chi connectivity index (χ3v) is 5.90. The molecule has 1 aromatic heterocycles. The SMILES string of the molecule is CC(=O)c1c(C#N)nn(C2(F)C(Cl)=C(F)C(S(=O)(=O)O)C(F)(F)C2(F)Cl)c1N. The lowest BCUT2D eigenvalue weighted by molar-refractivity contribution is -0.182. The monoisotopic (exact) mass is 468 g/mol. The summed E-state index contributed by atoms with van der Waals surface area (Å²) >= 11 is 10.3. The third kappa shape index (κ3) is 2.60. The van der Waals surface area contributed by atoms with E-state index in [1.54, 1.807) is 0 Å². The van der Waals surface area contributed by atoms with Crippen LogP contribution in [-0.2, 0) is 15.9 Å². The van der Waals surface area contributed by atoms with E-state index in [1.165, 1.54) is 6.07 Å². The van der Waals surface area contributed by atoms with Gasteiger partial charge in [-0.05, 0) is 6.92 Å². The van der Waals surface area contributed by atoms with E-state index < -0.39 is 70.6 Å². The molecule has 154 valence electrons. The number of anilines is 1. The molecule has 3 N–H and O–H groups in total. The minimum atomic E-state index is -6.08. The average Bonchev–Trinajstić information content (AvgIpc) is 2.87. The van der Waals surface area contributed by atoms with E-state index in [9.17, 15) is 30.8 Å². The molecule has 0 amide bonds. The summed E-state index contributed by atoms with van der Waals surface area (Å²) in [6.07, 6.45) is 0. The van der Waals surface area contributed by atoms with E-state index in [0.29, 0.717) is 0 Å². The summed E-state index contributed by atoms with van der Waals surface area (Å²) < 4.78 is 104. The van der Waals surface area contributed by atoms with E-state index in [1.807, 2.05) is 0 Å². The summed E-state index contributed by atoms with van der Waals surface area (Å²) in [7, 11) is -6.08. The molecule has 0 aliphatic heterocycles. The quantitative estimate of drug-likeness (QED) is 0.300. The summed E-state index contributed by atoms with van der Waals surface area (Å²) in [5, 5.41) is 0.607. The van der Waals surface area contributed by atoms with E-state index >= 15 is 4.39 Å². The predicted octanol–water partition coefficient (Wildman–Crippen LogP) is 2.39. The van der Waals surface area contributed by atoms with Crippen molar-refractivity contribution in [2.75, 3.05) is 5.73 Å². The van der Waals surface area contributed by atoms with Crippen LogP contribution in [-0.4, -0.2) is 44.8 Å². The molecule has 1 aliphatic carbocycles. The fourth-order valence-corrected chi connectivity index (χ4v) is 4.29. The Balaban J connectivity index is 3.02. The van der Waals surface area contributed by atoms with Crippen molar-refractivity contribution in [3.8, 4) is 6.07 Å². The zero-order valence-electron chi connectivity index (χ0n) is 13.2. The molecular formula is C12H7Cl2F5N4O4S. The van der Waals surface area contributed by atoms with Crippen molar-refractivity contribution in [2.24, 2.45) is 0 Å². The van der Waals surface area contributed by atoms with Crippen LogP contribution in [0.25, 0.3) is 0 Å². The van der Waals surface area contributed by atoms with Crippen LogP contribution < -0.4 is 5.73 Å². The van der Waals surface area contributed by atoms with Crippen molar-refractivity contribution in [3.05, 3.63) is 22.1 Å². The first-order valence-corrected chi connectivity index (χ1v) is 9.00. The second-order valence-electron chi connectivity index (χ2n) is 5.57. The van der Waals surface area contributed by atoms with E-state index in [2.05, 4.69) is 5.10 Å². The Morgan fingerprint density at radius 3 is 2.25 bits per heavy atom. The maximum atomic E-state index is 15.5. The van der Waals surface area contributed by atoms with Gasteiger partial charge in [-0.25, -0.2) is 17.9 Å². The van der Waals surface area contributed by atoms with Gasteiger partial charge in [0.05, 0.1) is 5.56 Å². The molecule has 2 rings (SSSR count). The molecule has 0 bridgehead atoms.